The highest BCUT2D eigenvalue weighted by molar-refractivity contribution is 14.1. The first kappa shape index (κ1) is 9.88. The zero-order valence-electron chi connectivity index (χ0n) is 8.09. The molecular formula is C10H7IN2O3. The van der Waals surface area contributed by atoms with Crippen molar-refractivity contribution in [3.63, 3.8) is 0 Å². The van der Waals surface area contributed by atoms with Gasteiger partial charge in [-0.1, -0.05) is 12.1 Å². The van der Waals surface area contributed by atoms with Crippen molar-refractivity contribution < 1.29 is 13.9 Å². The van der Waals surface area contributed by atoms with Crippen LogP contribution < -0.4 is 9.47 Å². The number of fused-ring (bicyclic) bond motifs is 1. The Morgan fingerprint density at radius 3 is 2.75 bits per heavy atom. The number of rotatable bonds is 1. The fourth-order valence-corrected chi connectivity index (χ4v) is 1.82. The lowest BCUT2D eigenvalue weighted by Crippen LogP contribution is -2.21. The van der Waals surface area contributed by atoms with Crippen LogP contribution in [-0.2, 0) is 0 Å². The van der Waals surface area contributed by atoms with Crippen molar-refractivity contribution in [3.05, 3.63) is 34.1 Å². The third-order valence-electron chi connectivity index (χ3n) is 2.20. The molecule has 5 nitrogen and oxygen atoms in total. The Morgan fingerprint density at radius 1 is 1.19 bits per heavy atom. The highest BCUT2D eigenvalue weighted by Crippen LogP contribution is 2.35. The van der Waals surface area contributed by atoms with Gasteiger partial charge in [0.25, 0.3) is 9.79 Å². The van der Waals surface area contributed by atoms with Crippen LogP contribution in [0.4, 0.5) is 0 Å². The summed E-state index contributed by atoms with van der Waals surface area (Å²) < 4.78 is 17.0. The number of nitrogens with zero attached hydrogens (tertiary/aromatic N) is 2. The lowest BCUT2D eigenvalue weighted by Gasteiger charge is -2.23. The summed E-state index contributed by atoms with van der Waals surface area (Å²) in [6.45, 7) is 0.384. The maximum atomic E-state index is 5.71. The Kier molecular flexibility index (Phi) is 2.43. The van der Waals surface area contributed by atoms with E-state index in [-0.39, 0.29) is 6.10 Å². The SMILES string of the molecule is Ic1nnc(C2COc3ccccc3O2)o1. The monoisotopic (exact) mass is 330 g/mol. The van der Waals surface area contributed by atoms with E-state index in [2.05, 4.69) is 10.2 Å². The molecule has 0 saturated heterocycles. The molecule has 2 heterocycles. The molecule has 16 heavy (non-hydrogen) atoms. The van der Waals surface area contributed by atoms with E-state index in [0.717, 1.165) is 5.75 Å². The molecule has 1 unspecified atom stereocenters. The largest absolute Gasteiger partial charge is 0.485 e. The van der Waals surface area contributed by atoms with Gasteiger partial charge >= 0.3 is 0 Å². The number of hydrogen-bond donors (Lipinski definition) is 0. The minimum atomic E-state index is -0.328. The first-order valence-corrected chi connectivity index (χ1v) is 5.78. The normalized spacial score (nSPS) is 18.4. The maximum absolute atomic E-state index is 5.71. The smallest absolute Gasteiger partial charge is 0.278 e. The average Bonchev–Trinajstić information content (AvgIpc) is 2.75. The van der Waals surface area contributed by atoms with Crippen molar-refractivity contribution >= 4 is 22.6 Å². The number of para-hydroxylation sites is 2. The second kappa shape index (κ2) is 3.93. The average molecular weight is 330 g/mol. The van der Waals surface area contributed by atoms with Crippen LogP contribution in [-0.4, -0.2) is 16.8 Å². The number of ether oxygens (including phenoxy) is 2. The molecule has 0 fully saturated rings. The quantitative estimate of drug-likeness (QED) is 0.750. The van der Waals surface area contributed by atoms with E-state index in [0.29, 0.717) is 22.1 Å². The molecule has 1 aromatic heterocycles. The number of benzene rings is 1. The van der Waals surface area contributed by atoms with E-state index >= 15 is 0 Å². The van der Waals surface area contributed by atoms with Gasteiger partial charge < -0.3 is 13.9 Å². The standard InChI is InChI=1S/C10H7IN2O3/c11-10-13-12-9(16-10)8-5-14-6-3-1-2-4-7(6)15-8/h1-4,8H,5H2. The van der Waals surface area contributed by atoms with Crippen LogP contribution in [0.3, 0.4) is 0 Å². The van der Waals surface area contributed by atoms with Crippen LogP contribution in [0.25, 0.3) is 0 Å². The van der Waals surface area contributed by atoms with Gasteiger partial charge in [-0.05, 0) is 12.1 Å². The third-order valence-corrected chi connectivity index (χ3v) is 2.64. The Morgan fingerprint density at radius 2 is 2.00 bits per heavy atom. The summed E-state index contributed by atoms with van der Waals surface area (Å²) in [6.07, 6.45) is -0.328. The van der Waals surface area contributed by atoms with Gasteiger partial charge in [0.1, 0.15) is 6.61 Å². The molecule has 0 spiro atoms. The van der Waals surface area contributed by atoms with Gasteiger partial charge in [0.2, 0.25) is 6.10 Å². The highest BCUT2D eigenvalue weighted by atomic mass is 127. The van der Waals surface area contributed by atoms with E-state index in [4.69, 9.17) is 13.9 Å². The minimum absolute atomic E-state index is 0.328. The van der Waals surface area contributed by atoms with Crippen LogP contribution in [0.5, 0.6) is 11.5 Å². The summed E-state index contributed by atoms with van der Waals surface area (Å²) in [5.41, 5.74) is 0. The summed E-state index contributed by atoms with van der Waals surface area (Å²) in [5, 5.41) is 7.67. The van der Waals surface area contributed by atoms with Crippen LogP contribution >= 0.6 is 22.6 Å². The molecule has 82 valence electrons. The molecule has 1 atom stereocenters. The van der Waals surface area contributed by atoms with Crippen molar-refractivity contribution in [2.75, 3.05) is 6.61 Å². The Bertz CT molecular complexity index is 514. The Labute approximate surface area is 105 Å². The maximum Gasteiger partial charge on any atom is 0.278 e. The van der Waals surface area contributed by atoms with Crippen molar-refractivity contribution in [1.29, 1.82) is 0 Å². The zero-order valence-corrected chi connectivity index (χ0v) is 10.2. The molecule has 1 aliphatic heterocycles. The van der Waals surface area contributed by atoms with Crippen molar-refractivity contribution in [2.45, 2.75) is 6.10 Å². The second-order valence-electron chi connectivity index (χ2n) is 3.26. The summed E-state index contributed by atoms with van der Waals surface area (Å²) in [4.78, 5) is 0. The van der Waals surface area contributed by atoms with E-state index < -0.39 is 0 Å². The zero-order chi connectivity index (χ0) is 11.0. The van der Waals surface area contributed by atoms with Crippen molar-refractivity contribution in [3.8, 4) is 11.5 Å². The summed E-state index contributed by atoms with van der Waals surface area (Å²) in [6, 6.07) is 7.51. The summed E-state index contributed by atoms with van der Waals surface area (Å²) >= 11 is 1.96. The van der Waals surface area contributed by atoms with Crippen LogP contribution in [0.15, 0.2) is 28.7 Å². The fraction of sp³-hybridized carbons (Fsp3) is 0.200. The molecule has 0 amide bonds. The molecule has 0 saturated carbocycles. The van der Waals surface area contributed by atoms with E-state index in [9.17, 15) is 0 Å². The van der Waals surface area contributed by atoms with Gasteiger partial charge in [0, 0.05) is 22.6 Å². The van der Waals surface area contributed by atoms with Gasteiger partial charge in [-0.3, -0.25) is 0 Å². The van der Waals surface area contributed by atoms with Crippen LogP contribution in [0, 0.1) is 3.90 Å². The first-order chi connectivity index (χ1) is 7.83. The van der Waals surface area contributed by atoms with Gasteiger partial charge in [-0.25, -0.2) is 0 Å². The molecule has 0 radical (unpaired) electrons. The minimum Gasteiger partial charge on any atom is -0.485 e. The number of halogens is 1. The molecule has 6 heteroatoms. The summed E-state index contributed by atoms with van der Waals surface area (Å²) in [5.74, 6) is 1.89. The van der Waals surface area contributed by atoms with Crippen molar-refractivity contribution in [1.82, 2.24) is 10.2 Å². The molecule has 3 rings (SSSR count). The van der Waals surface area contributed by atoms with Crippen LogP contribution in [0.2, 0.25) is 0 Å². The first-order valence-electron chi connectivity index (χ1n) is 4.70. The predicted molar refractivity (Wildman–Crippen MR) is 62.3 cm³/mol. The second-order valence-corrected chi connectivity index (χ2v) is 4.18. The predicted octanol–water partition coefficient (Wildman–Crippen LogP) is 2.19. The van der Waals surface area contributed by atoms with Gasteiger partial charge in [0.05, 0.1) is 0 Å². The van der Waals surface area contributed by atoms with E-state index in [1.165, 1.54) is 0 Å². The topological polar surface area (TPSA) is 57.4 Å². The van der Waals surface area contributed by atoms with E-state index in [1.807, 2.05) is 46.9 Å². The molecule has 1 aliphatic rings. The lowest BCUT2D eigenvalue weighted by molar-refractivity contribution is 0.0705. The van der Waals surface area contributed by atoms with E-state index in [1.54, 1.807) is 0 Å². The molecule has 0 bridgehead atoms. The van der Waals surface area contributed by atoms with Gasteiger partial charge in [0.15, 0.2) is 11.5 Å². The highest BCUT2D eigenvalue weighted by Gasteiger charge is 2.26. The van der Waals surface area contributed by atoms with Gasteiger partial charge in [-0.15, -0.1) is 10.2 Å². The fourth-order valence-electron chi connectivity index (χ4n) is 1.49. The molecular weight excluding hydrogens is 323 g/mol. The van der Waals surface area contributed by atoms with Crippen LogP contribution in [0.1, 0.15) is 12.0 Å². The van der Waals surface area contributed by atoms with Crippen molar-refractivity contribution in [2.24, 2.45) is 0 Å². The Hall–Kier alpha value is -1.31. The molecule has 0 aliphatic carbocycles. The molecule has 0 N–H and O–H groups in total. The lowest BCUT2D eigenvalue weighted by atomic mass is 10.2. The number of aromatic nitrogens is 2. The van der Waals surface area contributed by atoms with Gasteiger partial charge in [-0.2, -0.15) is 0 Å². The number of hydrogen-bond acceptors (Lipinski definition) is 5. The third kappa shape index (κ3) is 1.73. The molecule has 2 aromatic rings. The summed E-state index contributed by atoms with van der Waals surface area (Å²) in [7, 11) is 0. The molecule has 1 aromatic carbocycles. The Balaban J connectivity index is 1.88.